The molecule has 23 heavy (non-hydrogen) atoms. The van der Waals surface area contributed by atoms with Crippen molar-refractivity contribution in [3.8, 4) is 0 Å². The van der Waals surface area contributed by atoms with Crippen molar-refractivity contribution >= 4 is 15.9 Å². The first-order chi connectivity index (χ1) is 11.0. The van der Waals surface area contributed by atoms with E-state index in [-0.39, 0.29) is 16.8 Å². The minimum atomic E-state index is -3.67. The molecule has 0 saturated heterocycles. The molecule has 1 atom stereocenters. The van der Waals surface area contributed by atoms with Gasteiger partial charge in [-0.15, -0.1) is 0 Å². The van der Waals surface area contributed by atoms with E-state index in [0.29, 0.717) is 0 Å². The van der Waals surface area contributed by atoms with E-state index in [1.54, 1.807) is 19.1 Å². The van der Waals surface area contributed by atoms with E-state index in [0.717, 1.165) is 50.5 Å². The molecule has 2 aliphatic carbocycles. The van der Waals surface area contributed by atoms with Crippen LogP contribution in [0.15, 0.2) is 23.1 Å². The summed E-state index contributed by atoms with van der Waals surface area (Å²) in [5.41, 5.74) is 2.34. The van der Waals surface area contributed by atoms with Crippen molar-refractivity contribution in [3.63, 3.8) is 0 Å². The van der Waals surface area contributed by atoms with Crippen LogP contribution in [0.2, 0.25) is 0 Å². The summed E-state index contributed by atoms with van der Waals surface area (Å²) in [5, 5.41) is 2.93. The molecule has 1 aromatic rings. The Morgan fingerprint density at radius 2 is 1.83 bits per heavy atom. The van der Waals surface area contributed by atoms with Crippen molar-refractivity contribution in [1.82, 2.24) is 10.0 Å². The molecule has 2 aliphatic rings. The first-order valence-corrected chi connectivity index (χ1v) is 9.88. The number of amides is 1. The van der Waals surface area contributed by atoms with E-state index in [9.17, 15) is 13.2 Å². The molecule has 0 spiro atoms. The van der Waals surface area contributed by atoms with E-state index in [1.165, 1.54) is 5.56 Å². The zero-order valence-electron chi connectivity index (χ0n) is 13.5. The monoisotopic (exact) mass is 336 g/mol. The summed E-state index contributed by atoms with van der Waals surface area (Å²) in [6.07, 6.45) is 7.23. The molecule has 1 unspecified atom stereocenters. The van der Waals surface area contributed by atoms with Gasteiger partial charge in [0.1, 0.15) is 0 Å². The highest BCUT2D eigenvalue weighted by Crippen LogP contribution is 2.24. The molecular weight excluding hydrogens is 312 g/mol. The predicted octanol–water partition coefficient (Wildman–Crippen LogP) is 1.90. The van der Waals surface area contributed by atoms with Crippen LogP contribution in [0.25, 0.3) is 0 Å². The Morgan fingerprint density at radius 3 is 2.57 bits per heavy atom. The Balaban J connectivity index is 1.66. The summed E-state index contributed by atoms with van der Waals surface area (Å²) in [4.78, 5) is 12.4. The van der Waals surface area contributed by atoms with Crippen LogP contribution in [0.4, 0.5) is 0 Å². The van der Waals surface area contributed by atoms with Gasteiger partial charge in [0.2, 0.25) is 15.9 Å². The number of rotatable bonds is 5. The third-order valence-corrected chi connectivity index (χ3v) is 6.35. The summed E-state index contributed by atoms with van der Waals surface area (Å²) in [6, 6.07) is 4.68. The second-order valence-electron chi connectivity index (χ2n) is 6.62. The van der Waals surface area contributed by atoms with Gasteiger partial charge >= 0.3 is 0 Å². The van der Waals surface area contributed by atoms with Crippen molar-refractivity contribution < 1.29 is 13.2 Å². The fourth-order valence-electron chi connectivity index (χ4n) is 3.47. The fraction of sp³-hybridized carbons (Fsp3) is 0.588. The van der Waals surface area contributed by atoms with E-state index in [1.807, 2.05) is 6.07 Å². The zero-order valence-corrected chi connectivity index (χ0v) is 14.3. The van der Waals surface area contributed by atoms with Crippen molar-refractivity contribution in [2.45, 2.75) is 68.8 Å². The third-order valence-electron chi connectivity index (χ3n) is 4.81. The summed E-state index contributed by atoms with van der Waals surface area (Å²) in [6.45, 7) is 1.59. The molecular formula is C17H24N2O3S. The van der Waals surface area contributed by atoms with E-state index in [4.69, 9.17) is 0 Å². The van der Waals surface area contributed by atoms with Crippen LogP contribution in [0.5, 0.6) is 0 Å². The van der Waals surface area contributed by atoms with Gasteiger partial charge in [-0.2, -0.15) is 4.72 Å². The van der Waals surface area contributed by atoms with Gasteiger partial charge in [-0.3, -0.25) is 4.79 Å². The van der Waals surface area contributed by atoms with Crippen LogP contribution in [0.3, 0.4) is 0 Å². The van der Waals surface area contributed by atoms with Gasteiger partial charge in [-0.1, -0.05) is 18.9 Å². The fourth-order valence-corrected chi connectivity index (χ4v) is 4.72. The maximum absolute atomic E-state index is 12.5. The number of carbonyl (C=O) groups is 1. The van der Waals surface area contributed by atoms with Crippen LogP contribution in [-0.2, 0) is 27.7 Å². The van der Waals surface area contributed by atoms with E-state index in [2.05, 4.69) is 10.0 Å². The lowest BCUT2D eigenvalue weighted by Gasteiger charge is -2.18. The molecule has 0 aromatic heterocycles. The Morgan fingerprint density at radius 1 is 1.13 bits per heavy atom. The lowest BCUT2D eigenvalue weighted by atomic mass is 10.1. The molecule has 5 nitrogen and oxygen atoms in total. The largest absolute Gasteiger partial charge is 0.352 e. The molecule has 1 amide bonds. The smallest absolute Gasteiger partial charge is 0.241 e. The first-order valence-electron chi connectivity index (χ1n) is 8.40. The molecule has 126 valence electrons. The summed E-state index contributed by atoms with van der Waals surface area (Å²) in [5.74, 6) is -0.248. The second-order valence-corrected chi connectivity index (χ2v) is 8.33. The van der Waals surface area contributed by atoms with Crippen LogP contribution in [-0.4, -0.2) is 26.4 Å². The topological polar surface area (TPSA) is 75.3 Å². The Hall–Kier alpha value is -1.40. The third kappa shape index (κ3) is 3.75. The van der Waals surface area contributed by atoms with E-state index < -0.39 is 16.1 Å². The summed E-state index contributed by atoms with van der Waals surface area (Å²) in [7, 11) is -3.67. The Bertz CT molecular complexity index is 694. The van der Waals surface area contributed by atoms with Crippen molar-refractivity contribution in [3.05, 3.63) is 29.3 Å². The zero-order chi connectivity index (χ0) is 16.4. The van der Waals surface area contributed by atoms with Gasteiger partial charge in [-0.25, -0.2) is 8.42 Å². The number of hydrogen-bond donors (Lipinski definition) is 2. The van der Waals surface area contributed by atoms with Gasteiger partial charge in [0.25, 0.3) is 0 Å². The minimum absolute atomic E-state index is 0.189. The molecule has 3 rings (SSSR count). The quantitative estimate of drug-likeness (QED) is 0.862. The van der Waals surface area contributed by atoms with Crippen molar-refractivity contribution in [2.24, 2.45) is 0 Å². The van der Waals surface area contributed by atoms with Crippen LogP contribution < -0.4 is 10.0 Å². The number of hydrogen-bond acceptors (Lipinski definition) is 3. The van der Waals surface area contributed by atoms with Crippen molar-refractivity contribution in [1.29, 1.82) is 0 Å². The lowest BCUT2D eigenvalue weighted by Crippen LogP contribution is -2.47. The highest BCUT2D eigenvalue weighted by Gasteiger charge is 2.25. The van der Waals surface area contributed by atoms with Gasteiger partial charge in [-0.05, 0) is 62.3 Å². The average molecular weight is 336 g/mol. The Labute approximate surface area is 137 Å². The molecule has 1 saturated carbocycles. The number of nitrogens with one attached hydrogen (secondary N) is 2. The Kier molecular flexibility index (Phi) is 4.73. The maximum Gasteiger partial charge on any atom is 0.241 e. The molecule has 0 aliphatic heterocycles. The molecule has 0 radical (unpaired) electrons. The number of aryl methyl sites for hydroxylation is 2. The van der Waals surface area contributed by atoms with Crippen LogP contribution >= 0.6 is 0 Å². The van der Waals surface area contributed by atoms with Crippen LogP contribution in [0.1, 0.15) is 50.2 Å². The SMILES string of the molecule is CC(NS(=O)(=O)c1ccc2c(c1)CCC2)C(=O)NC1CCCC1. The second kappa shape index (κ2) is 6.61. The standard InChI is InChI=1S/C17H24N2O3S/c1-12(17(20)18-15-7-2-3-8-15)19-23(21,22)16-10-9-13-5-4-6-14(13)11-16/h9-12,15,19H,2-8H2,1H3,(H,18,20). The minimum Gasteiger partial charge on any atom is -0.352 e. The molecule has 0 bridgehead atoms. The van der Waals surface area contributed by atoms with Gasteiger partial charge < -0.3 is 5.32 Å². The first kappa shape index (κ1) is 16.5. The average Bonchev–Trinajstić information content (AvgIpc) is 3.16. The maximum atomic E-state index is 12.5. The van der Waals surface area contributed by atoms with Gasteiger partial charge in [0.15, 0.2) is 0 Å². The molecule has 1 fully saturated rings. The highest BCUT2D eigenvalue weighted by atomic mass is 32.2. The summed E-state index contributed by atoms with van der Waals surface area (Å²) < 4.78 is 27.5. The molecule has 0 heterocycles. The van der Waals surface area contributed by atoms with E-state index >= 15 is 0 Å². The molecule has 1 aromatic carbocycles. The van der Waals surface area contributed by atoms with Gasteiger partial charge in [0.05, 0.1) is 10.9 Å². The highest BCUT2D eigenvalue weighted by molar-refractivity contribution is 7.89. The number of benzene rings is 1. The normalized spacial score (nSPS) is 19.5. The number of fused-ring (bicyclic) bond motifs is 1. The lowest BCUT2D eigenvalue weighted by molar-refractivity contribution is -0.123. The van der Waals surface area contributed by atoms with Crippen LogP contribution in [0, 0.1) is 0 Å². The summed E-state index contributed by atoms with van der Waals surface area (Å²) >= 11 is 0. The van der Waals surface area contributed by atoms with Gasteiger partial charge in [0, 0.05) is 6.04 Å². The number of carbonyl (C=O) groups excluding carboxylic acids is 1. The number of sulfonamides is 1. The van der Waals surface area contributed by atoms with Crippen molar-refractivity contribution in [2.75, 3.05) is 0 Å². The molecule has 2 N–H and O–H groups in total. The molecule has 6 heteroatoms. The predicted molar refractivity (Wildman–Crippen MR) is 88.6 cm³/mol.